The molecule has 0 bridgehead atoms. The summed E-state index contributed by atoms with van der Waals surface area (Å²) in [5.41, 5.74) is 5.70. The molecule has 1 amide bonds. The predicted octanol–water partition coefficient (Wildman–Crippen LogP) is 0.0339. The van der Waals surface area contributed by atoms with Gasteiger partial charge in [-0.3, -0.25) is 4.79 Å². The van der Waals surface area contributed by atoms with Gasteiger partial charge in [0.25, 0.3) is 0 Å². The molecule has 94 valence electrons. The summed E-state index contributed by atoms with van der Waals surface area (Å²) in [6.07, 6.45) is 2.67. The van der Waals surface area contributed by atoms with Crippen molar-refractivity contribution in [2.24, 2.45) is 5.73 Å². The molecule has 1 aliphatic rings. The minimum Gasteiger partial charge on any atom is -0.385 e. The van der Waals surface area contributed by atoms with E-state index in [9.17, 15) is 4.79 Å². The lowest BCUT2D eigenvalue weighted by Gasteiger charge is -2.35. The monoisotopic (exact) mass is 230 g/mol. The maximum absolute atomic E-state index is 11.6. The molecule has 0 saturated heterocycles. The first kappa shape index (κ1) is 13.4. The number of rotatable bonds is 7. The molecule has 1 fully saturated rings. The van der Waals surface area contributed by atoms with E-state index in [0.29, 0.717) is 19.1 Å². The molecule has 0 heterocycles. The van der Waals surface area contributed by atoms with Crippen LogP contribution in [0.1, 0.15) is 26.2 Å². The predicted molar refractivity (Wildman–Crippen MR) is 61.0 cm³/mol. The van der Waals surface area contributed by atoms with Gasteiger partial charge in [0, 0.05) is 26.4 Å². The summed E-state index contributed by atoms with van der Waals surface area (Å²) in [7, 11) is 1.60. The first-order valence-corrected chi connectivity index (χ1v) is 5.83. The Morgan fingerprint density at radius 2 is 2.25 bits per heavy atom. The van der Waals surface area contributed by atoms with E-state index in [4.69, 9.17) is 15.2 Å². The Balaban J connectivity index is 2.11. The molecule has 5 heteroatoms. The Bertz CT molecular complexity index is 217. The van der Waals surface area contributed by atoms with Crippen molar-refractivity contribution in [2.45, 2.75) is 44.4 Å². The Hall–Kier alpha value is -0.650. The maximum Gasteiger partial charge on any atom is 0.237 e. The molecular formula is C11H22N2O3. The van der Waals surface area contributed by atoms with Crippen LogP contribution in [0.4, 0.5) is 0 Å². The lowest BCUT2D eigenvalue weighted by atomic mass is 9.89. The van der Waals surface area contributed by atoms with E-state index in [1.165, 1.54) is 0 Å². The van der Waals surface area contributed by atoms with E-state index in [0.717, 1.165) is 19.4 Å². The largest absolute Gasteiger partial charge is 0.385 e. The molecule has 1 saturated carbocycles. The van der Waals surface area contributed by atoms with Crippen LogP contribution in [-0.4, -0.2) is 44.4 Å². The third-order valence-electron chi connectivity index (χ3n) is 2.81. The van der Waals surface area contributed by atoms with Gasteiger partial charge in [-0.05, 0) is 26.2 Å². The fraction of sp³-hybridized carbons (Fsp3) is 0.909. The number of hydrogen-bond donors (Lipinski definition) is 2. The van der Waals surface area contributed by atoms with Crippen LogP contribution >= 0.6 is 0 Å². The summed E-state index contributed by atoms with van der Waals surface area (Å²) in [5, 5.41) is 2.91. The molecule has 1 unspecified atom stereocenters. The fourth-order valence-corrected chi connectivity index (χ4v) is 1.74. The van der Waals surface area contributed by atoms with E-state index in [1.807, 2.05) is 6.92 Å². The van der Waals surface area contributed by atoms with Gasteiger partial charge in [0.05, 0.1) is 12.1 Å². The van der Waals surface area contributed by atoms with Gasteiger partial charge in [0.2, 0.25) is 5.91 Å². The van der Waals surface area contributed by atoms with Crippen molar-refractivity contribution >= 4 is 5.91 Å². The highest BCUT2D eigenvalue weighted by Crippen LogP contribution is 2.23. The lowest BCUT2D eigenvalue weighted by Crippen LogP contribution is -2.52. The normalized spacial score (nSPS) is 25.9. The number of carbonyl (C=O) groups is 1. The zero-order valence-electron chi connectivity index (χ0n) is 10.1. The van der Waals surface area contributed by atoms with E-state index >= 15 is 0 Å². The number of carbonyl (C=O) groups excluding carboxylic acids is 1. The molecule has 0 spiro atoms. The van der Waals surface area contributed by atoms with Gasteiger partial charge in [-0.1, -0.05) is 0 Å². The van der Waals surface area contributed by atoms with Crippen LogP contribution in [0.15, 0.2) is 0 Å². The van der Waals surface area contributed by atoms with Crippen molar-refractivity contribution in [2.75, 3.05) is 20.3 Å². The molecule has 1 rings (SSSR count). The lowest BCUT2D eigenvalue weighted by molar-refractivity contribution is -0.125. The van der Waals surface area contributed by atoms with Crippen molar-refractivity contribution in [3.8, 4) is 0 Å². The van der Waals surface area contributed by atoms with Crippen molar-refractivity contribution in [1.82, 2.24) is 5.32 Å². The number of nitrogens with one attached hydrogen (secondary N) is 1. The van der Waals surface area contributed by atoms with Gasteiger partial charge >= 0.3 is 0 Å². The summed E-state index contributed by atoms with van der Waals surface area (Å²) in [6.45, 7) is 3.23. The summed E-state index contributed by atoms with van der Waals surface area (Å²) in [6, 6.07) is -0.233. The second-order valence-corrected chi connectivity index (χ2v) is 4.14. The molecule has 0 aliphatic heterocycles. The number of methoxy groups -OCH3 is 1. The minimum absolute atomic E-state index is 0.0861. The Labute approximate surface area is 96.7 Å². The summed E-state index contributed by atoms with van der Waals surface area (Å²) in [4.78, 5) is 11.6. The van der Waals surface area contributed by atoms with Crippen molar-refractivity contribution < 1.29 is 14.3 Å². The molecular weight excluding hydrogens is 208 g/mol. The topological polar surface area (TPSA) is 73.6 Å². The van der Waals surface area contributed by atoms with Gasteiger partial charge in [0.15, 0.2) is 0 Å². The third-order valence-corrected chi connectivity index (χ3v) is 2.81. The van der Waals surface area contributed by atoms with E-state index < -0.39 is 6.04 Å². The van der Waals surface area contributed by atoms with Crippen LogP contribution in [0, 0.1) is 0 Å². The molecule has 0 aromatic heterocycles. The standard InChI is InChI=1S/C11H22N2O3/c1-3-16-9-6-8(7-9)13-11(14)10(12)4-5-15-2/h8-10H,3-7,12H2,1-2H3,(H,13,14). The maximum atomic E-state index is 11.6. The van der Waals surface area contributed by atoms with Crippen molar-refractivity contribution in [3.63, 3.8) is 0 Å². The van der Waals surface area contributed by atoms with Crippen LogP contribution in [-0.2, 0) is 14.3 Å². The van der Waals surface area contributed by atoms with Gasteiger partial charge in [-0.25, -0.2) is 0 Å². The number of ether oxygens (including phenoxy) is 2. The number of amides is 1. The summed E-state index contributed by atoms with van der Waals surface area (Å²) < 4.78 is 10.3. The average molecular weight is 230 g/mol. The first-order chi connectivity index (χ1) is 7.67. The van der Waals surface area contributed by atoms with E-state index in [-0.39, 0.29) is 11.9 Å². The zero-order chi connectivity index (χ0) is 12.0. The third kappa shape index (κ3) is 4.08. The number of hydrogen-bond acceptors (Lipinski definition) is 4. The number of nitrogens with two attached hydrogens (primary N) is 1. The average Bonchev–Trinajstić information content (AvgIpc) is 2.22. The zero-order valence-corrected chi connectivity index (χ0v) is 10.1. The molecule has 16 heavy (non-hydrogen) atoms. The molecule has 3 N–H and O–H groups in total. The van der Waals surface area contributed by atoms with Gasteiger partial charge in [-0.15, -0.1) is 0 Å². The van der Waals surface area contributed by atoms with Crippen LogP contribution in [0.2, 0.25) is 0 Å². The second-order valence-electron chi connectivity index (χ2n) is 4.14. The molecule has 1 aliphatic carbocycles. The second kappa shape index (κ2) is 6.83. The minimum atomic E-state index is -0.467. The van der Waals surface area contributed by atoms with Crippen LogP contribution in [0.3, 0.4) is 0 Å². The Morgan fingerprint density at radius 1 is 1.56 bits per heavy atom. The molecule has 5 nitrogen and oxygen atoms in total. The smallest absolute Gasteiger partial charge is 0.237 e. The van der Waals surface area contributed by atoms with E-state index in [1.54, 1.807) is 7.11 Å². The fourth-order valence-electron chi connectivity index (χ4n) is 1.74. The summed E-state index contributed by atoms with van der Waals surface area (Å²) in [5.74, 6) is -0.0861. The first-order valence-electron chi connectivity index (χ1n) is 5.83. The van der Waals surface area contributed by atoms with Crippen LogP contribution in [0.25, 0.3) is 0 Å². The Morgan fingerprint density at radius 3 is 2.81 bits per heavy atom. The van der Waals surface area contributed by atoms with Crippen LogP contribution in [0.5, 0.6) is 0 Å². The molecule has 0 radical (unpaired) electrons. The van der Waals surface area contributed by atoms with Crippen molar-refractivity contribution in [3.05, 3.63) is 0 Å². The Kier molecular flexibility index (Phi) is 5.73. The molecule has 1 atom stereocenters. The van der Waals surface area contributed by atoms with Gasteiger partial charge in [0.1, 0.15) is 0 Å². The molecule has 0 aromatic carbocycles. The van der Waals surface area contributed by atoms with E-state index in [2.05, 4.69) is 5.32 Å². The molecule has 0 aromatic rings. The van der Waals surface area contributed by atoms with Gasteiger partial charge < -0.3 is 20.5 Å². The van der Waals surface area contributed by atoms with Gasteiger partial charge in [-0.2, -0.15) is 0 Å². The van der Waals surface area contributed by atoms with Crippen LogP contribution < -0.4 is 11.1 Å². The van der Waals surface area contributed by atoms with Crippen molar-refractivity contribution in [1.29, 1.82) is 0 Å². The highest BCUT2D eigenvalue weighted by atomic mass is 16.5. The highest BCUT2D eigenvalue weighted by Gasteiger charge is 2.31. The SMILES string of the molecule is CCOC1CC(NC(=O)C(N)CCOC)C1. The quantitative estimate of drug-likeness (QED) is 0.647. The highest BCUT2D eigenvalue weighted by molar-refractivity contribution is 5.81. The summed E-state index contributed by atoms with van der Waals surface area (Å²) >= 11 is 0.